The van der Waals surface area contributed by atoms with E-state index in [4.69, 9.17) is 0 Å². The first kappa shape index (κ1) is 15.0. The van der Waals surface area contributed by atoms with E-state index in [1.807, 2.05) is 18.2 Å². The van der Waals surface area contributed by atoms with Crippen molar-refractivity contribution in [2.24, 2.45) is 0 Å². The molecule has 2 heterocycles. The third-order valence-corrected chi connectivity index (χ3v) is 3.48. The molecule has 0 atom stereocenters. The maximum Gasteiger partial charge on any atom is 0.271 e. The van der Waals surface area contributed by atoms with Gasteiger partial charge in [-0.15, -0.1) is 0 Å². The molecule has 0 radical (unpaired) electrons. The van der Waals surface area contributed by atoms with Crippen molar-refractivity contribution in [2.45, 2.75) is 26.3 Å². The van der Waals surface area contributed by atoms with Crippen LogP contribution in [0.1, 0.15) is 41.6 Å². The van der Waals surface area contributed by atoms with Crippen LogP contribution in [0.4, 0.5) is 0 Å². The molecule has 3 N–H and O–H groups in total. The number of nitrogens with zero attached hydrogens (tertiary/aromatic N) is 2. The molecule has 7 nitrogen and oxygen atoms in total. The van der Waals surface area contributed by atoms with Crippen LogP contribution in [0.2, 0.25) is 0 Å². The van der Waals surface area contributed by atoms with Gasteiger partial charge in [0.05, 0.1) is 11.0 Å². The van der Waals surface area contributed by atoms with Crippen LogP contribution in [0.15, 0.2) is 35.1 Å². The van der Waals surface area contributed by atoms with Crippen LogP contribution in [0.25, 0.3) is 11.0 Å². The van der Waals surface area contributed by atoms with Gasteiger partial charge in [-0.2, -0.15) is 5.10 Å². The number of rotatable bonds is 4. The fraction of sp³-hybridized carbons (Fsp3) is 0.250. The molecule has 1 aromatic carbocycles. The quantitative estimate of drug-likeness (QED) is 0.682. The average molecular weight is 311 g/mol. The Balaban J connectivity index is 1.72. The standard InChI is InChI=1S/C16H17N5O2/c1-9(2)15-18-11-4-3-10(7-13(11)19-15)8-17-16(23)12-5-6-14(22)21-20-12/h3-7,9H,8H2,1-2H3,(H,17,23)(H,18,19)(H,21,22). The lowest BCUT2D eigenvalue weighted by Gasteiger charge is -2.04. The lowest BCUT2D eigenvalue weighted by atomic mass is 10.2. The summed E-state index contributed by atoms with van der Waals surface area (Å²) in [4.78, 5) is 30.7. The Kier molecular flexibility index (Phi) is 3.92. The van der Waals surface area contributed by atoms with E-state index in [9.17, 15) is 9.59 Å². The van der Waals surface area contributed by atoms with E-state index in [0.717, 1.165) is 22.4 Å². The van der Waals surface area contributed by atoms with Crippen LogP contribution < -0.4 is 10.9 Å². The Morgan fingerprint density at radius 3 is 2.78 bits per heavy atom. The Hall–Kier alpha value is -2.96. The van der Waals surface area contributed by atoms with E-state index < -0.39 is 0 Å². The molecule has 0 aliphatic heterocycles. The fourth-order valence-corrected chi connectivity index (χ4v) is 2.20. The Bertz CT molecular complexity index is 890. The highest BCUT2D eigenvalue weighted by molar-refractivity contribution is 5.92. The smallest absolute Gasteiger partial charge is 0.271 e. The number of benzene rings is 1. The first-order chi connectivity index (χ1) is 11.0. The van der Waals surface area contributed by atoms with Gasteiger partial charge in [0.1, 0.15) is 11.5 Å². The van der Waals surface area contributed by atoms with Crippen molar-refractivity contribution in [2.75, 3.05) is 0 Å². The van der Waals surface area contributed by atoms with Gasteiger partial charge in [0, 0.05) is 18.5 Å². The Morgan fingerprint density at radius 2 is 2.09 bits per heavy atom. The predicted octanol–water partition coefficient (Wildman–Crippen LogP) is 1.70. The molecule has 0 aliphatic carbocycles. The van der Waals surface area contributed by atoms with E-state index in [2.05, 4.69) is 39.3 Å². The normalized spacial score (nSPS) is 11.1. The van der Waals surface area contributed by atoms with E-state index in [1.54, 1.807) is 0 Å². The summed E-state index contributed by atoms with van der Waals surface area (Å²) >= 11 is 0. The van der Waals surface area contributed by atoms with Crippen LogP contribution in [-0.2, 0) is 6.54 Å². The molecule has 2 aromatic heterocycles. The van der Waals surface area contributed by atoms with Crippen LogP contribution in [-0.4, -0.2) is 26.1 Å². The van der Waals surface area contributed by atoms with E-state index >= 15 is 0 Å². The number of nitrogens with one attached hydrogen (secondary N) is 3. The maximum absolute atomic E-state index is 12.0. The Morgan fingerprint density at radius 1 is 1.26 bits per heavy atom. The van der Waals surface area contributed by atoms with E-state index in [1.165, 1.54) is 12.1 Å². The first-order valence-electron chi connectivity index (χ1n) is 7.35. The second-order valence-electron chi connectivity index (χ2n) is 5.62. The van der Waals surface area contributed by atoms with Gasteiger partial charge in [0.15, 0.2) is 0 Å². The zero-order valence-corrected chi connectivity index (χ0v) is 12.9. The Labute approximate surface area is 132 Å². The highest BCUT2D eigenvalue weighted by atomic mass is 16.2. The highest BCUT2D eigenvalue weighted by Crippen LogP contribution is 2.18. The minimum absolute atomic E-state index is 0.175. The third-order valence-electron chi connectivity index (χ3n) is 3.48. The summed E-state index contributed by atoms with van der Waals surface area (Å²) in [6, 6.07) is 8.48. The van der Waals surface area contributed by atoms with Crippen LogP contribution in [0.5, 0.6) is 0 Å². The molecule has 3 aromatic rings. The monoisotopic (exact) mass is 311 g/mol. The molecular weight excluding hydrogens is 294 g/mol. The number of carbonyl (C=O) groups excluding carboxylic acids is 1. The number of carbonyl (C=O) groups is 1. The van der Waals surface area contributed by atoms with Crippen molar-refractivity contribution in [3.8, 4) is 0 Å². The number of H-pyrrole nitrogens is 2. The van der Waals surface area contributed by atoms with Gasteiger partial charge in [-0.05, 0) is 23.8 Å². The molecule has 1 amide bonds. The summed E-state index contributed by atoms with van der Waals surface area (Å²) < 4.78 is 0. The summed E-state index contributed by atoms with van der Waals surface area (Å²) in [5.41, 5.74) is 2.64. The number of imidazole rings is 1. The molecule has 118 valence electrons. The molecule has 0 spiro atoms. The molecule has 0 unspecified atom stereocenters. The van der Waals surface area contributed by atoms with Gasteiger partial charge in [0.25, 0.3) is 11.5 Å². The zero-order valence-electron chi connectivity index (χ0n) is 12.9. The van der Waals surface area contributed by atoms with Gasteiger partial charge >= 0.3 is 0 Å². The molecule has 0 saturated carbocycles. The van der Waals surface area contributed by atoms with Crippen molar-refractivity contribution in [1.82, 2.24) is 25.5 Å². The van der Waals surface area contributed by atoms with Crippen LogP contribution in [0.3, 0.4) is 0 Å². The van der Waals surface area contributed by atoms with E-state index in [0.29, 0.717) is 12.5 Å². The number of amides is 1. The van der Waals surface area contributed by atoms with E-state index in [-0.39, 0.29) is 17.2 Å². The first-order valence-corrected chi connectivity index (χ1v) is 7.35. The topological polar surface area (TPSA) is 104 Å². The SMILES string of the molecule is CC(C)c1nc2ccc(CNC(=O)c3ccc(=O)[nH]n3)cc2[nH]1. The molecular formula is C16H17N5O2. The largest absolute Gasteiger partial charge is 0.347 e. The molecule has 0 saturated heterocycles. The van der Waals surface area contributed by atoms with Crippen molar-refractivity contribution in [1.29, 1.82) is 0 Å². The number of hydrogen-bond donors (Lipinski definition) is 3. The summed E-state index contributed by atoms with van der Waals surface area (Å²) in [5.74, 6) is 0.935. The zero-order chi connectivity index (χ0) is 16.4. The molecule has 3 rings (SSSR count). The van der Waals surface area contributed by atoms with Gasteiger partial charge < -0.3 is 10.3 Å². The van der Waals surface area contributed by atoms with Crippen molar-refractivity contribution in [3.63, 3.8) is 0 Å². The number of hydrogen-bond acceptors (Lipinski definition) is 4. The highest BCUT2D eigenvalue weighted by Gasteiger charge is 2.09. The van der Waals surface area contributed by atoms with Crippen LogP contribution >= 0.6 is 0 Å². The van der Waals surface area contributed by atoms with Gasteiger partial charge in [0.2, 0.25) is 0 Å². The summed E-state index contributed by atoms with van der Waals surface area (Å²) in [7, 11) is 0. The molecule has 7 heteroatoms. The van der Waals surface area contributed by atoms with Crippen molar-refractivity contribution < 1.29 is 4.79 Å². The lowest BCUT2D eigenvalue weighted by molar-refractivity contribution is 0.0945. The number of aromatic nitrogens is 4. The van der Waals surface area contributed by atoms with Gasteiger partial charge in [-0.3, -0.25) is 9.59 Å². The lowest BCUT2D eigenvalue weighted by Crippen LogP contribution is -2.25. The summed E-state index contributed by atoms with van der Waals surface area (Å²) in [6.45, 7) is 4.53. The summed E-state index contributed by atoms with van der Waals surface area (Å²) in [6.07, 6.45) is 0. The third kappa shape index (κ3) is 3.28. The van der Waals surface area contributed by atoms with Gasteiger partial charge in [-0.1, -0.05) is 19.9 Å². The fourth-order valence-electron chi connectivity index (χ4n) is 2.20. The maximum atomic E-state index is 12.0. The number of fused-ring (bicyclic) bond motifs is 1. The van der Waals surface area contributed by atoms with Crippen molar-refractivity contribution in [3.05, 3.63) is 57.8 Å². The predicted molar refractivity (Wildman–Crippen MR) is 86.2 cm³/mol. The minimum Gasteiger partial charge on any atom is -0.347 e. The average Bonchev–Trinajstić information content (AvgIpc) is 2.97. The molecule has 0 fully saturated rings. The molecule has 23 heavy (non-hydrogen) atoms. The van der Waals surface area contributed by atoms with Gasteiger partial charge in [-0.25, -0.2) is 10.1 Å². The number of aromatic amines is 2. The van der Waals surface area contributed by atoms with Crippen LogP contribution in [0, 0.1) is 0 Å². The minimum atomic E-state index is -0.341. The molecule has 0 bridgehead atoms. The summed E-state index contributed by atoms with van der Waals surface area (Å²) in [5, 5.41) is 8.71. The second-order valence-corrected chi connectivity index (χ2v) is 5.62. The van der Waals surface area contributed by atoms with Crippen molar-refractivity contribution >= 4 is 16.9 Å². The molecule has 0 aliphatic rings. The second kappa shape index (κ2) is 6.04.